The number of nitro groups is 1. The molecule has 242 valence electrons. The summed E-state index contributed by atoms with van der Waals surface area (Å²) in [7, 11) is 2.00. The van der Waals surface area contributed by atoms with Crippen molar-refractivity contribution in [3.8, 4) is 0 Å². The topological polar surface area (TPSA) is 90.2 Å². The average Bonchev–Trinajstić information content (AvgIpc) is 3.18. The SMILES string of the molecule is CN1CCCN(c2cc(C(=O)N3C[C@H]4CCN(C(=O)c5ccc(Cc6ccc(F)cc6)cc5)CC[C@H]4C3)c([N+](=O)[O-])cc2F)CC1. The first kappa shape index (κ1) is 31.6. The minimum atomic E-state index is -0.688. The van der Waals surface area contributed by atoms with Crippen LogP contribution < -0.4 is 4.90 Å². The van der Waals surface area contributed by atoms with E-state index in [1.165, 1.54) is 18.2 Å². The Morgan fingerprint density at radius 3 is 2.07 bits per heavy atom. The van der Waals surface area contributed by atoms with Crippen LogP contribution in [-0.4, -0.2) is 90.8 Å². The molecule has 9 nitrogen and oxygen atoms in total. The molecule has 3 aliphatic heterocycles. The maximum atomic E-state index is 15.1. The molecule has 46 heavy (non-hydrogen) atoms. The van der Waals surface area contributed by atoms with E-state index in [4.69, 9.17) is 0 Å². The van der Waals surface area contributed by atoms with Crippen LogP contribution in [0.5, 0.6) is 0 Å². The number of halogens is 2. The van der Waals surface area contributed by atoms with Crippen LogP contribution in [-0.2, 0) is 6.42 Å². The summed E-state index contributed by atoms with van der Waals surface area (Å²) in [5.41, 5.74) is 2.29. The van der Waals surface area contributed by atoms with E-state index in [0.717, 1.165) is 49.5 Å². The fraction of sp³-hybridized carbons (Fsp3) is 0.429. The van der Waals surface area contributed by atoms with E-state index in [0.29, 0.717) is 51.3 Å². The molecule has 0 aromatic heterocycles. The molecule has 0 unspecified atom stereocenters. The monoisotopic (exact) mass is 631 g/mol. The van der Waals surface area contributed by atoms with E-state index in [-0.39, 0.29) is 34.8 Å². The molecule has 3 heterocycles. The van der Waals surface area contributed by atoms with Crippen molar-refractivity contribution in [2.45, 2.75) is 25.7 Å². The molecule has 3 fully saturated rings. The molecule has 3 aromatic carbocycles. The van der Waals surface area contributed by atoms with Gasteiger partial charge in [0.05, 0.1) is 16.7 Å². The second kappa shape index (κ2) is 13.5. The van der Waals surface area contributed by atoms with Crippen LogP contribution in [0.15, 0.2) is 60.7 Å². The third-order valence-electron chi connectivity index (χ3n) is 9.77. The van der Waals surface area contributed by atoms with Gasteiger partial charge >= 0.3 is 0 Å². The first-order chi connectivity index (χ1) is 22.2. The minimum absolute atomic E-state index is 0.0320. The number of likely N-dealkylation sites (N-methyl/N-ethyl adjacent to an activating group) is 1. The first-order valence-corrected chi connectivity index (χ1v) is 16.0. The van der Waals surface area contributed by atoms with Gasteiger partial charge in [-0.2, -0.15) is 0 Å². The molecule has 0 aliphatic carbocycles. The van der Waals surface area contributed by atoms with Gasteiger partial charge in [-0.25, -0.2) is 8.78 Å². The third-order valence-corrected chi connectivity index (χ3v) is 9.77. The number of hydrogen-bond donors (Lipinski definition) is 0. The lowest BCUT2D eigenvalue weighted by molar-refractivity contribution is -0.385. The lowest BCUT2D eigenvalue weighted by Crippen LogP contribution is -2.34. The molecule has 3 saturated heterocycles. The number of likely N-dealkylation sites (tertiary alicyclic amines) is 2. The Morgan fingerprint density at radius 1 is 0.804 bits per heavy atom. The molecule has 0 bridgehead atoms. The van der Waals surface area contributed by atoms with Crippen molar-refractivity contribution < 1.29 is 23.3 Å². The van der Waals surface area contributed by atoms with Gasteiger partial charge < -0.3 is 19.6 Å². The summed E-state index contributed by atoms with van der Waals surface area (Å²) < 4.78 is 28.4. The van der Waals surface area contributed by atoms with Crippen LogP contribution >= 0.6 is 0 Å². The van der Waals surface area contributed by atoms with Crippen molar-refractivity contribution in [2.75, 3.05) is 64.3 Å². The number of nitro benzene ring substituents is 1. The van der Waals surface area contributed by atoms with Crippen molar-refractivity contribution in [1.82, 2.24) is 14.7 Å². The van der Waals surface area contributed by atoms with Crippen LogP contribution in [0.25, 0.3) is 0 Å². The van der Waals surface area contributed by atoms with Gasteiger partial charge in [0.1, 0.15) is 11.4 Å². The highest BCUT2D eigenvalue weighted by atomic mass is 19.1. The Labute approximate surface area is 267 Å². The molecular weight excluding hydrogens is 592 g/mol. The fourth-order valence-electron chi connectivity index (χ4n) is 7.08. The maximum Gasteiger partial charge on any atom is 0.285 e. The Kier molecular flexibility index (Phi) is 9.30. The average molecular weight is 632 g/mol. The Hall–Kier alpha value is -4.38. The predicted molar refractivity (Wildman–Crippen MR) is 171 cm³/mol. The molecule has 6 rings (SSSR count). The smallest absolute Gasteiger partial charge is 0.285 e. The number of benzene rings is 3. The zero-order valence-electron chi connectivity index (χ0n) is 26.0. The molecule has 0 N–H and O–H groups in total. The highest BCUT2D eigenvalue weighted by Crippen LogP contribution is 2.36. The number of fused-ring (bicyclic) bond motifs is 1. The van der Waals surface area contributed by atoms with Gasteiger partial charge in [0.25, 0.3) is 17.5 Å². The van der Waals surface area contributed by atoms with Gasteiger partial charge in [-0.05, 0) is 92.6 Å². The van der Waals surface area contributed by atoms with E-state index in [2.05, 4.69) is 4.90 Å². The number of carbonyl (C=O) groups is 2. The highest BCUT2D eigenvalue weighted by Gasteiger charge is 2.40. The molecule has 0 saturated carbocycles. The molecule has 2 amide bonds. The Morgan fingerprint density at radius 2 is 1.43 bits per heavy atom. The van der Waals surface area contributed by atoms with Gasteiger partial charge in [0, 0.05) is 51.4 Å². The van der Waals surface area contributed by atoms with Crippen molar-refractivity contribution >= 4 is 23.2 Å². The summed E-state index contributed by atoms with van der Waals surface area (Å²) in [4.78, 5) is 46.0. The van der Waals surface area contributed by atoms with Crippen LogP contribution in [0, 0.1) is 33.6 Å². The van der Waals surface area contributed by atoms with E-state index in [1.807, 2.05) is 41.1 Å². The van der Waals surface area contributed by atoms with Gasteiger partial charge in [-0.15, -0.1) is 0 Å². The zero-order chi connectivity index (χ0) is 32.4. The summed E-state index contributed by atoms with van der Waals surface area (Å²) in [6.07, 6.45) is 2.92. The van der Waals surface area contributed by atoms with Crippen LogP contribution in [0.2, 0.25) is 0 Å². The molecular formula is C35H39F2N5O4. The Bertz CT molecular complexity index is 1580. The Balaban J connectivity index is 1.10. The highest BCUT2D eigenvalue weighted by molar-refractivity contribution is 5.99. The lowest BCUT2D eigenvalue weighted by atomic mass is 9.92. The maximum absolute atomic E-state index is 15.1. The largest absolute Gasteiger partial charge is 0.368 e. The number of carbonyl (C=O) groups excluding carboxylic acids is 2. The van der Waals surface area contributed by atoms with Crippen LogP contribution in [0.3, 0.4) is 0 Å². The minimum Gasteiger partial charge on any atom is -0.368 e. The number of amides is 2. The van der Waals surface area contributed by atoms with E-state index in [9.17, 15) is 24.1 Å². The predicted octanol–water partition coefficient (Wildman–Crippen LogP) is 5.23. The summed E-state index contributed by atoms with van der Waals surface area (Å²) in [6, 6.07) is 16.2. The van der Waals surface area contributed by atoms with E-state index in [1.54, 1.807) is 17.0 Å². The normalized spacial score (nSPS) is 20.6. The van der Waals surface area contributed by atoms with Crippen LogP contribution in [0.1, 0.15) is 51.1 Å². The lowest BCUT2D eigenvalue weighted by Gasteiger charge is -2.25. The van der Waals surface area contributed by atoms with Crippen molar-refractivity contribution in [3.05, 3.63) is 105 Å². The summed E-state index contributed by atoms with van der Waals surface area (Å²) in [5, 5.41) is 11.9. The number of anilines is 1. The van der Waals surface area contributed by atoms with Crippen molar-refractivity contribution in [2.24, 2.45) is 11.8 Å². The molecule has 3 aromatic rings. The molecule has 0 radical (unpaired) electrons. The van der Waals surface area contributed by atoms with Gasteiger partial charge in [-0.1, -0.05) is 24.3 Å². The molecule has 0 spiro atoms. The molecule has 2 atom stereocenters. The second-order valence-electron chi connectivity index (χ2n) is 12.8. The number of rotatable bonds is 6. The van der Waals surface area contributed by atoms with Crippen LogP contribution in [0.4, 0.5) is 20.2 Å². The third kappa shape index (κ3) is 6.89. The van der Waals surface area contributed by atoms with E-state index >= 15 is 4.39 Å². The van der Waals surface area contributed by atoms with Gasteiger partial charge in [0.15, 0.2) is 5.82 Å². The fourth-order valence-corrected chi connectivity index (χ4v) is 7.08. The molecule has 11 heteroatoms. The summed E-state index contributed by atoms with van der Waals surface area (Å²) >= 11 is 0. The first-order valence-electron chi connectivity index (χ1n) is 16.0. The quantitative estimate of drug-likeness (QED) is 0.274. The summed E-state index contributed by atoms with van der Waals surface area (Å²) in [6.45, 7) is 4.80. The molecule has 3 aliphatic rings. The van der Waals surface area contributed by atoms with Crippen molar-refractivity contribution in [1.29, 1.82) is 0 Å². The standard InChI is InChI=1S/C35H39F2N5O4/c1-38-13-2-14-39(18-17-38)33-20-30(32(42(45)46)21-31(33)37)35(44)41-22-27-11-15-40(16-12-28(27)23-41)34(43)26-7-3-24(4-8-26)19-25-5-9-29(36)10-6-25/h3-10,20-21,27-28H,2,11-19,22-23H2,1H3/t27-,28+. The van der Waals surface area contributed by atoms with Gasteiger partial charge in [0.2, 0.25) is 0 Å². The van der Waals surface area contributed by atoms with Gasteiger partial charge in [-0.3, -0.25) is 19.7 Å². The number of nitrogens with zero attached hydrogens (tertiary/aromatic N) is 5. The van der Waals surface area contributed by atoms with Crippen molar-refractivity contribution in [3.63, 3.8) is 0 Å². The summed E-state index contributed by atoms with van der Waals surface area (Å²) in [5.74, 6) is -1.10. The second-order valence-corrected chi connectivity index (χ2v) is 12.8. The number of hydrogen-bond acceptors (Lipinski definition) is 6. The zero-order valence-corrected chi connectivity index (χ0v) is 26.0. The van der Waals surface area contributed by atoms with E-state index < -0.39 is 22.3 Å².